The molecule has 4 heteroatoms. The second kappa shape index (κ2) is 6.39. The van der Waals surface area contributed by atoms with Crippen LogP contribution < -0.4 is 0 Å². The Labute approximate surface area is 71.2 Å². The van der Waals surface area contributed by atoms with Crippen LogP contribution in [0.1, 0.15) is 20.3 Å². The molecule has 0 fully saturated rings. The molecule has 0 aliphatic heterocycles. The van der Waals surface area contributed by atoms with Gasteiger partial charge >= 0.3 is 11.9 Å². The quantitative estimate of drug-likeness (QED) is 0.361. The molecule has 0 aromatic rings. The highest BCUT2D eigenvalue weighted by atomic mass is 16.5. The lowest BCUT2D eigenvalue weighted by Crippen LogP contribution is -1.99. The molecule has 0 atom stereocenters. The number of hydrogen-bond acceptors (Lipinski definition) is 4. The van der Waals surface area contributed by atoms with E-state index in [4.69, 9.17) is 0 Å². The third kappa shape index (κ3) is 8.68. The van der Waals surface area contributed by atoms with Crippen LogP contribution >= 0.6 is 0 Å². The smallest absolute Gasteiger partial charge is 0.307 e. The molecule has 0 bridgehead atoms. The average Bonchev–Trinajstić information content (AvgIpc) is 1.95. The van der Waals surface area contributed by atoms with E-state index in [-0.39, 0.29) is 11.9 Å². The van der Waals surface area contributed by atoms with Gasteiger partial charge in [-0.25, -0.2) is 0 Å². The SMILES string of the molecule is CC(=O)O/C=C\CCOC(C)=O. The average molecular weight is 172 g/mol. The molecular weight excluding hydrogens is 160 g/mol. The lowest BCUT2D eigenvalue weighted by molar-refractivity contribution is -0.141. The van der Waals surface area contributed by atoms with Crippen molar-refractivity contribution in [1.29, 1.82) is 0 Å². The van der Waals surface area contributed by atoms with Crippen LogP contribution in [0.3, 0.4) is 0 Å². The summed E-state index contributed by atoms with van der Waals surface area (Å²) in [6.45, 7) is 2.97. The molecule has 0 aromatic heterocycles. The van der Waals surface area contributed by atoms with Crippen molar-refractivity contribution in [2.45, 2.75) is 20.3 Å². The largest absolute Gasteiger partial charge is 0.466 e. The summed E-state index contributed by atoms with van der Waals surface area (Å²) in [5.74, 6) is -0.672. The van der Waals surface area contributed by atoms with Crippen molar-refractivity contribution in [3.63, 3.8) is 0 Å². The van der Waals surface area contributed by atoms with Gasteiger partial charge in [0.25, 0.3) is 0 Å². The monoisotopic (exact) mass is 172 g/mol. The van der Waals surface area contributed by atoms with Crippen LogP contribution in [-0.2, 0) is 19.1 Å². The van der Waals surface area contributed by atoms with E-state index in [1.165, 1.54) is 20.1 Å². The number of hydrogen-bond donors (Lipinski definition) is 0. The third-order valence-electron chi connectivity index (χ3n) is 0.920. The number of rotatable bonds is 4. The van der Waals surface area contributed by atoms with E-state index in [1.807, 2.05) is 0 Å². The Balaban J connectivity index is 3.25. The Morgan fingerprint density at radius 2 is 1.92 bits per heavy atom. The Hall–Kier alpha value is -1.32. The number of carbonyl (C=O) groups excluding carboxylic acids is 2. The molecule has 0 aliphatic rings. The van der Waals surface area contributed by atoms with E-state index < -0.39 is 0 Å². The Morgan fingerprint density at radius 3 is 2.42 bits per heavy atom. The van der Waals surface area contributed by atoms with E-state index in [0.29, 0.717) is 13.0 Å². The lowest BCUT2D eigenvalue weighted by atomic mass is 10.4. The molecular formula is C8H12O4. The van der Waals surface area contributed by atoms with Crippen LogP contribution in [0, 0.1) is 0 Å². The molecule has 0 saturated heterocycles. The standard InChI is InChI=1S/C8H12O4/c1-7(9)11-5-3-4-6-12-8(2)10/h3,5H,4,6H2,1-2H3/b5-3-. The van der Waals surface area contributed by atoms with Gasteiger partial charge in [-0.15, -0.1) is 0 Å². The summed E-state index contributed by atoms with van der Waals surface area (Å²) in [6.07, 6.45) is 3.45. The second-order valence-electron chi connectivity index (χ2n) is 2.11. The van der Waals surface area contributed by atoms with Gasteiger partial charge in [-0.05, 0) is 6.08 Å². The minimum absolute atomic E-state index is 0.309. The van der Waals surface area contributed by atoms with E-state index in [9.17, 15) is 9.59 Å². The maximum Gasteiger partial charge on any atom is 0.307 e. The summed E-state index contributed by atoms with van der Waals surface area (Å²) in [6, 6.07) is 0. The first-order chi connectivity index (χ1) is 5.63. The molecule has 0 aromatic carbocycles. The van der Waals surface area contributed by atoms with Crippen molar-refractivity contribution >= 4 is 11.9 Å². The fourth-order valence-electron chi connectivity index (χ4n) is 0.483. The maximum atomic E-state index is 10.3. The van der Waals surface area contributed by atoms with Crippen LogP contribution in [0.25, 0.3) is 0 Å². The molecule has 0 spiro atoms. The summed E-state index contributed by atoms with van der Waals surface area (Å²) in [7, 11) is 0. The molecule has 0 unspecified atom stereocenters. The van der Waals surface area contributed by atoms with Crippen molar-refractivity contribution in [3.05, 3.63) is 12.3 Å². The van der Waals surface area contributed by atoms with Gasteiger partial charge in [0.2, 0.25) is 0 Å². The van der Waals surface area contributed by atoms with Crippen LogP contribution in [0.15, 0.2) is 12.3 Å². The highest BCUT2D eigenvalue weighted by Crippen LogP contribution is 1.87. The maximum absolute atomic E-state index is 10.3. The Bertz CT molecular complexity index is 183. The van der Waals surface area contributed by atoms with E-state index in [1.54, 1.807) is 6.08 Å². The second-order valence-corrected chi connectivity index (χ2v) is 2.11. The first kappa shape index (κ1) is 10.7. The van der Waals surface area contributed by atoms with Gasteiger partial charge in [-0.1, -0.05) is 0 Å². The van der Waals surface area contributed by atoms with Crippen LogP contribution in [0.5, 0.6) is 0 Å². The van der Waals surface area contributed by atoms with Crippen molar-refractivity contribution in [2.24, 2.45) is 0 Å². The summed E-state index contributed by atoms with van der Waals surface area (Å²) >= 11 is 0. The van der Waals surface area contributed by atoms with Crippen molar-refractivity contribution in [1.82, 2.24) is 0 Å². The van der Waals surface area contributed by atoms with E-state index in [0.717, 1.165) is 0 Å². The summed E-state index contributed by atoms with van der Waals surface area (Å²) < 4.78 is 9.11. The van der Waals surface area contributed by atoms with Crippen LogP contribution in [0.2, 0.25) is 0 Å². The van der Waals surface area contributed by atoms with Gasteiger partial charge in [0.15, 0.2) is 0 Å². The van der Waals surface area contributed by atoms with Gasteiger partial charge in [-0.3, -0.25) is 9.59 Å². The summed E-state index contributed by atoms with van der Waals surface area (Å²) in [5.41, 5.74) is 0. The molecule has 0 radical (unpaired) electrons. The Kier molecular flexibility index (Phi) is 5.69. The highest BCUT2D eigenvalue weighted by Gasteiger charge is 1.89. The zero-order valence-corrected chi connectivity index (χ0v) is 7.20. The van der Waals surface area contributed by atoms with Crippen LogP contribution in [0.4, 0.5) is 0 Å². The van der Waals surface area contributed by atoms with E-state index in [2.05, 4.69) is 9.47 Å². The predicted octanol–water partition coefficient (Wildman–Crippen LogP) is 1.02. The Morgan fingerprint density at radius 1 is 1.25 bits per heavy atom. The van der Waals surface area contributed by atoms with Gasteiger partial charge in [0.05, 0.1) is 12.9 Å². The first-order valence-corrected chi connectivity index (χ1v) is 3.58. The van der Waals surface area contributed by atoms with E-state index >= 15 is 0 Å². The molecule has 0 N–H and O–H groups in total. The summed E-state index contributed by atoms with van der Waals surface area (Å²) in [5, 5.41) is 0. The fourth-order valence-corrected chi connectivity index (χ4v) is 0.483. The molecule has 0 amide bonds. The van der Waals surface area contributed by atoms with Crippen molar-refractivity contribution < 1.29 is 19.1 Å². The van der Waals surface area contributed by atoms with Gasteiger partial charge in [0, 0.05) is 20.3 Å². The minimum Gasteiger partial charge on any atom is -0.466 e. The normalized spacial score (nSPS) is 9.83. The minimum atomic E-state index is -0.362. The molecule has 0 heterocycles. The number of ether oxygens (including phenoxy) is 2. The number of esters is 2. The molecule has 4 nitrogen and oxygen atoms in total. The number of carbonyl (C=O) groups is 2. The van der Waals surface area contributed by atoms with Gasteiger partial charge < -0.3 is 9.47 Å². The van der Waals surface area contributed by atoms with Gasteiger partial charge in [0.1, 0.15) is 0 Å². The molecule has 68 valence electrons. The fraction of sp³-hybridized carbons (Fsp3) is 0.500. The van der Waals surface area contributed by atoms with Gasteiger partial charge in [-0.2, -0.15) is 0 Å². The first-order valence-electron chi connectivity index (χ1n) is 3.58. The van der Waals surface area contributed by atoms with Crippen molar-refractivity contribution in [3.8, 4) is 0 Å². The van der Waals surface area contributed by atoms with Crippen molar-refractivity contribution in [2.75, 3.05) is 6.61 Å². The molecule has 0 aliphatic carbocycles. The highest BCUT2D eigenvalue weighted by molar-refractivity contribution is 5.66. The molecule has 12 heavy (non-hydrogen) atoms. The predicted molar refractivity (Wildman–Crippen MR) is 42.2 cm³/mol. The zero-order chi connectivity index (χ0) is 9.40. The third-order valence-corrected chi connectivity index (χ3v) is 0.920. The zero-order valence-electron chi connectivity index (χ0n) is 7.20. The topological polar surface area (TPSA) is 52.6 Å². The summed E-state index contributed by atoms with van der Waals surface area (Å²) in [4.78, 5) is 20.5. The molecule has 0 rings (SSSR count). The van der Waals surface area contributed by atoms with Crippen LogP contribution in [-0.4, -0.2) is 18.5 Å². The molecule has 0 saturated carbocycles. The lowest BCUT2D eigenvalue weighted by Gasteiger charge is -1.96.